The molecule has 0 bridgehead atoms. The molecule has 1 heterocycles. The van der Waals surface area contributed by atoms with Crippen LogP contribution >= 0.6 is 0 Å². The van der Waals surface area contributed by atoms with Gasteiger partial charge in [0, 0.05) is 19.5 Å². The summed E-state index contributed by atoms with van der Waals surface area (Å²) in [4.78, 5) is 24.8. The Bertz CT molecular complexity index is 384. The fourth-order valence-electron chi connectivity index (χ4n) is 3.85. The molecule has 152 valence electrons. The smallest absolute Gasteiger partial charge is 0.223 e. The Morgan fingerprint density at radius 1 is 0.846 bits per heavy atom. The monoisotopic (exact) mass is 366 g/mol. The van der Waals surface area contributed by atoms with Crippen molar-refractivity contribution in [2.75, 3.05) is 13.1 Å². The zero-order chi connectivity index (χ0) is 19.0. The van der Waals surface area contributed by atoms with Crippen LogP contribution in [0.2, 0.25) is 0 Å². The molecule has 4 heteroatoms. The van der Waals surface area contributed by atoms with E-state index in [9.17, 15) is 9.59 Å². The van der Waals surface area contributed by atoms with Crippen LogP contribution in [0.5, 0.6) is 0 Å². The molecule has 2 N–H and O–H groups in total. The van der Waals surface area contributed by atoms with Crippen LogP contribution < -0.4 is 5.73 Å². The first kappa shape index (κ1) is 23.0. The maximum Gasteiger partial charge on any atom is 0.223 e. The van der Waals surface area contributed by atoms with Crippen molar-refractivity contribution >= 4 is 11.8 Å². The van der Waals surface area contributed by atoms with Gasteiger partial charge < -0.3 is 10.6 Å². The number of amides is 2. The van der Waals surface area contributed by atoms with Gasteiger partial charge in [-0.05, 0) is 6.42 Å². The quantitative estimate of drug-likeness (QED) is 0.360. The van der Waals surface area contributed by atoms with Crippen molar-refractivity contribution in [3.8, 4) is 0 Å². The van der Waals surface area contributed by atoms with E-state index >= 15 is 0 Å². The first-order valence-electron chi connectivity index (χ1n) is 11.2. The molecule has 1 saturated heterocycles. The van der Waals surface area contributed by atoms with Gasteiger partial charge in [0.05, 0.1) is 5.92 Å². The predicted octanol–water partition coefficient (Wildman–Crippen LogP) is 5.19. The van der Waals surface area contributed by atoms with Gasteiger partial charge in [-0.2, -0.15) is 0 Å². The van der Waals surface area contributed by atoms with Crippen molar-refractivity contribution in [1.29, 1.82) is 0 Å². The zero-order valence-corrected chi connectivity index (χ0v) is 17.1. The third-order valence-electron chi connectivity index (χ3n) is 5.65. The number of carbonyl (C=O) groups is 2. The first-order valence-corrected chi connectivity index (χ1v) is 11.2. The highest BCUT2D eigenvalue weighted by atomic mass is 16.2. The van der Waals surface area contributed by atoms with Crippen LogP contribution in [0.15, 0.2) is 0 Å². The molecule has 2 amide bonds. The fraction of sp³-hybridized carbons (Fsp3) is 0.909. The van der Waals surface area contributed by atoms with Crippen LogP contribution in [0.25, 0.3) is 0 Å². The normalized spacial score (nSPS) is 17.2. The summed E-state index contributed by atoms with van der Waals surface area (Å²) < 4.78 is 0. The van der Waals surface area contributed by atoms with Crippen molar-refractivity contribution < 1.29 is 9.59 Å². The summed E-state index contributed by atoms with van der Waals surface area (Å²) >= 11 is 0. The van der Waals surface area contributed by atoms with Gasteiger partial charge in [0.2, 0.25) is 11.8 Å². The second-order valence-electron chi connectivity index (χ2n) is 8.09. The average molecular weight is 367 g/mol. The van der Waals surface area contributed by atoms with Gasteiger partial charge in [0.25, 0.3) is 0 Å². The minimum absolute atomic E-state index is 0.0964. The summed E-state index contributed by atoms with van der Waals surface area (Å²) in [5.41, 5.74) is 5.29. The van der Waals surface area contributed by atoms with Gasteiger partial charge >= 0.3 is 0 Å². The number of carbonyl (C=O) groups excluding carboxylic acids is 2. The molecule has 1 rings (SSSR count). The van der Waals surface area contributed by atoms with E-state index in [-0.39, 0.29) is 17.7 Å². The Labute approximate surface area is 161 Å². The Kier molecular flexibility index (Phi) is 13.3. The third kappa shape index (κ3) is 10.8. The highest BCUT2D eigenvalue weighted by molar-refractivity contribution is 5.88. The van der Waals surface area contributed by atoms with Crippen molar-refractivity contribution in [3.63, 3.8) is 0 Å². The predicted molar refractivity (Wildman–Crippen MR) is 109 cm³/mol. The van der Waals surface area contributed by atoms with E-state index < -0.39 is 0 Å². The summed E-state index contributed by atoms with van der Waals surface area (Å²) in [5.74, 6) is -0.504. The van der Waals surface area contributed by atoms with Crippen LogP contribution in [-0.2, 0) is 9.59 Å². The standard InChI is InChI=1S/C22H42N2O2/c1-2-3-4-5-6-7-8-9-10-11-12-13-14-15-16-17-24-19-20(22(23)26)18-21(24)25/h20H,2-19H2,1H3,(H2,23,26). The molecule has 1 unspecified atom stereocenters. The van der Waals surface area contributed by atoms with Gasteiger partial charge in [0.1, 0.15) is 0 Å². The highest BCUT2D eigenvalue weighted by Gasteiger charge is 2.32. The molecular weight excluding hydrogens is 324 g/mol. The molecule has 4 nitrogen and oxygen atoms in total. The highest BCUT2D eigenvalue weighted by Crippen LogP contribution is 2.18. The van der Waals surface area contributed by atoms with E-state index in [0.717, 1.165) is 13.0 Å². The summed E-state index contributed by atoms with van der Waals surface area (Å²) in [7, 11) is 0. The van der Waals surface area contributed by atoms with E-state index in [4.69, 9.17) is 5.73 Å². The van der Waals surface area contributed by atoms with Crippen LogP contribution in [0.3, 0.4) is 0 Å². The molecule has 0 aromatic rings. The molecule has 1 aliphatic rings. The summed E-state index contributed by atoms with van der Waals surface area (Å²) in [5, 5.41) is 0. The lowest BCUT2D eigenvalue weighted by Gasteiger charge is -2.15. The van der Waals surface area contributed by atoms with Crippen LogP contribution in [0, 0.1) is 5.92 Å². The maximum absolute atomic E-state index is 11.8. The van der Waals surface area contributed by atoms with E-state index in [2.05, 4.69) is 6.92 Å². The molecule has 0 spiro atoms. The van der Waals surface area contributed by atoms with Gasteiger partial charge in [-0.25, -0.2) is 0 Å². The second kappa shape index (κ2) is 15.0. The average Bonchev–Trinajstić information content (AvgIpc) is 2.99. The number of likely N-dealkylation sites (tertiary alicyclic amines) is 1. The van der Waals surface area contributed by atoms with Gasteiger partial charge in [-0.1, -0.05) is 96.8 Å². The van der Waals surface area contributed by atoms with Crippen molar-refractivity contribution in [1.82, 2.24) is 4.90 Å². The maximum atomic E-state index is 11.8. The Balaban J connectivity index is 1.80. The number of nitrogens with two attached hydrogens (primary N) is 1. The number of rotatable bonds is 17. The molecule has 0 aromatic heterocycles. The molecular formula is C22H42N2O2. The second-order valence-corrected chi connectivity index (χ2v) is 8.09. The first-order chi connectivity index (χ1) is 12.6. The van der Waals surface area contributed by atoms with Crippen molar-refractivity contribution in [3.05, 3.63) is 0 Å². The third-order valence-corrected chi connectivity index (χ3v) is 5.65. The molecule has 0 saturated carbocycles. The Hall–Kier alpha value is -1.06. The zero-order valence-electron chi connectivity index (χ0n) is 17.1. The summed E-state index contributed by atoms with van der Waals surface area (Å²) in [6.07, 6.45) is 20.5. The SMILES string of the molecule is CCCCCCCCCCCCCCCCCN1CC(C(N)=O)CC1=O. The number of primary amides is 1. The van der Waals surface area contributed by atoms with E-state index in [0.29, 0.717) is 13.0 Å². The Morgan fingerprint density at radius 3 is 1.65 bits per heavy atom. The molecule has 1 atom stereocenters. The molecule has 0 aliphatic carbocycles. The molecule has 1 fully saturated rings. The largest absolute Gasteiger partial charge is 0.369 e. The van der Waals surface area contributed by atoms with Gasteiger partial charge in [0.15, 0.2) is 0 Å². The van der Waals surface area contributed by atoms with Crippen LogP contribution in [0.1, 0.15) is 110 Å². The summed E-state index contributed by atoms with van der Waals surface area (Å²) in [6.45, 7) is 3.60. The minimum atomic E-state index is -0.336. The topological polar surface area (TPSA) is 63.4 Å². The number of unbranched alkanes of at least 4 members (excludes halogenated alkanes) is 14. The van der Waals surface area contributed by atoms with Gasteiger partial charge in [-0.3, -0.25) is 9.59 Å². The lowest BCUT2D eigenvalue weighted by molar-refractivity contribution is -0.128. The van der Waals surface area contributed by atoms with Gasteiger partial charge in [-0.15, -0.1) is 0 Å². The number of hydrogen-bond donors (Lipinski definition) is 1. The number of nitrogens with zero attached hydrogens (tertiary/aromatic N) is 1. The van der Waals surface area contributed by atoms with Crippen LogP contribution in [-0.4, -0.2) is 29.8 Å². The van der Waals surface area contributed by atoms with E-state index in [1.807, 2.05) is 4.90 Å². The number of hydrogen-bond acceptors (Lipinski definition) is 2. The lowest BCUT2D eigenvalue weighted by Crippen LogP contribution is -2.29. The summed E-state index contributed by atoms with van der Waals surface area (Å²) in [6, 6.07) is 0. The van der Waals surface area contributed by atoms with Crippen molar-refractivity contribution in [2.24, 2.45) is 11.7 Å². The lowest BCUT2D eigenvalue weighted by atomic mass is 10.0. The molecule has 1 aliphatic heterocycles. The molecule has 26 heavy (non-hydrogen) atoms. The Morgan fingerprint density at radius 2 is 1.27 bits per heavy atom. The van der Waals surface area contributed by atoms with Crippen molar-refractivity contribution in [2.45, 2.75) is 110 Å². The fourth-order valence-corrected chi connectivity index (χ4v) is 3.85. The van der Waals surface area contributed by atoms with E-state index in [1.54, 1.807) is 0 Å². The van der Waals surface area contributed by atoms with E-state index in [1.165, 1.54) is 89.9 Å². The van der Waals surface area contributed by atoms with Crippen LogP contribution in [0.4, 0.5) is 0 Å². The minimum Gasteiger partial charge on any atom is -0.369 e. The molecule has 0 radical (unpaired) electrons. The molecule has 0 aromatic carbocycles.